The predicted octanol–water partition coefficient (Wildman–Crippen LogP) is 13.6. The number of aromatic nitrogens is 2. The van der Waals surface area contributed by atoms with E-state index in [1.54, 1.807) is 0 Å². The smallest absolute Gasteiger partial charge is 0.0711 e. The zero-order valence-electron chi connectivity index (χ0n) is 26.9. The van der Waals surface area contributed by atoms with Crippen LogP contribution in [0.1, 0.15) is 0 Å². The first-order valence-corrected chi connectivity index (χ1v) is 18.6. The van der Waals surface area contributed by atoms with Gasteiger partial charge in [-0.05, 0) is 81.2 Å². The lowest BCUT2D eigenvalue weighted by atomic mass is 10.0. The maximum Gasteiger partial charge on any atom is 0.0711 e. The van der Waals surface area contributed by atoms with Crippen LogP contribution in [0.5, 0.6) is 0 Å². The summed E-state index contributed by atoms with van der Waals surface area (Å²) in [5.41, 5.74) is 9.88. The molecule has 4 aromatic heterocycles. The summed E-state index contributed by atoms with van der Waals surface area (Å²) in [4.78, 5) is 2.59. The molecule has 0 aliphatic carbocycles. The lowest BCUT2D eigenvalue weighted by Gasteiger charge is -2.10. The second-order valence-corrected chi connectivity index (χ2v) is 15.0. The van der Waals surface area contributed by atoms with Crippen molar-refractivity contribution in [3.05, 3.63) is 170 Å². The van der Waals surface area contributed by atoms with Crippen molar-refractivity contribution in [2.24, 2.45) is 0 Å². The van der Waals surface area contributed by atoms with Crippen LogP contribution in [0.3, 0.4) is 0 Å². The summed E-state index contributed by atoms with van der Waals surface area (Å²) in [5, 5.41) is 7.64. The molecule has 7 aromatic carbocycles. The van der Waals surface area contributed by atoms with Gasteiger partial charge in [0, 0.05) is 31.9 Å². The molecule has 4 heteroatoms. The number of nitrogens with zero attached hydrogens (tertiary/aromatic N) is 2. The number of rotatable bonds is 4. The fourth-order valence-electron chi connectivity index (χ4n) is 7.93. The molecule has 0 N–H and O–H groups in total. The van der Waals surface area contributed by atoms with Crippen molar-refractivity contribution < 1.29 is 0 Å². The Morgan fingerprint density at radius 3 is 1.46 bits per heavy atom. The monoisotopic (exact) mass is 672 g/mol. The number of hydrogen-bond donors (Lipinski definition) is 0. The second kappa shape index (κ2) is 10.8. The molecule has 0 saturated carbocycles. The van der Waals surface area contributed by atoms with Crippen molar-refractivity contribution in [3.63, 3.8) is 0 Å². The maximum atomic E-state index is 2.51. The third-order valence-corrected chi connectivity index (χ3v) is 12.6. The van der Waals surface area contributed by atoms with Crippen molar-refractivity contribution in [2.75, 3.05) is 0 Å². The lowest BCUT2D eigenvalue weighted by Crippen LogP contribution is -1.95. The van der Waals surface area contributed by atoms with Crippen LogP contribution in [0.15, 0.2) is 170 Å². The Hall–Kier alpha value is -5.94. The number of fused-ring (bicyclic) bond motifs is 8. The normalized spacial score (nSPS) is 12.0. The topological polar surface area (TPSA) is 9.86 Å². The standard InChI is InChI=1S/C46H28N2S2/c1-2-16-31(17-3-1)47-39-23-9-8-20-35(39)38-26-32(24-25-40(38)47)48-41-27-43(36-21-10-14-29-12-4-6-18-33(29)36)49-45(41)46-42(48)28-44(50-46)37-22-11-15-30-13-5-7-19-34(30)37/h1-28H. The van der Waals surface area contributed by atoms with Crippen LogP contribution in [-0.4, -0.2) is 9.13 Å². The molecule has 0 fully saturated rings. The van der Waals surface area contributed by atoms with Gasteiger partial charge in [0.2, 0.25) is 0 Å². The molecule has 0 aliphatic rings. The van der Waals surface area contributed by atoms with Crippen molar-refractivity contribution in [2.45, 2.75) is 0 Å². The Morgan fingerprint density at radius 2 is 0.820 bits per heavy atom. The van der Waals surface area contributed by atoms with E-state index in [4.69, 9.17) is 0 Å². The number of benzene rings is 7. The highest BCUT2D eigenvalue weighted by Crippen LogP contribution is 2.48. The Balaban J connectivity index is 1.20. The van der Waals surface area contributed by atoms with E-state index < -0.39 is 0 Å². The minimum absolute atomic E-state index is 1.17. The minimum Gasteiger partial charge on any atom is -0.309 e. The Morgan fingerprint density at radius 1 is 0.320 bits per heavy atom. The highest BCUT2D eigenvalue weighted by molar-refractivity contribution is 7.30. The van der Waals surface area contributed by atoms with E-state index in [1.165, 1.54) is 96.0 Å². The Bertz CT molecular complexity index is 2960. The zero-order chi connectivity index (χ0) is 32.8. The van der Waals surface area contributed by atoms with Crippen LogP contribution in [-0.2, 0) is 0 Å². The van der Waals surface area contributed by atoms with Gasteiger partial charge in [0.1, 0.15) is 0 Å². The van der Waals surface area contributed by atoms with Crippen LogP contribution < -0.4 is 0 Å². The second-order valence-electron chi connectivity index (χ2n) is 12.9. The molecule has 11 rings (SSSR count). The van der Waals surface area contributed by atoms with Gasteiger partial charge in [-0.15, -0.1) is 22.7 Å². The Labute approximate surface area is 296 Å². The first-order chi connectivity index (χ1) is 24.8. The van der Waals surface area contributed by atoms with Gasteiger partial charge in [-0.25, -0.2) is 0 Å². The molecule has 4 heterocycles. The molecule has 0 bridgehead atoms. The third-order valence-electron chi connectivity index (χ3n) is 10.2. The van der Waals surface area contributed by atoms with Crippen LogP contribution >= 0.6 is 22.7 Å². The summed E-state index contributed by atoms with van der Waals surface area (Å²) >= 11 is 3.83. The molecule has 0 saturated heterocycles. The summed E-state index contributed by atoms with van der Waals surface area (Å²) in [6.45, 7) is 0. The highest BCUT2D eigenvalue weighted by Gasteiger charge is 2.22. The van der Waals surface area contributed by atoms with Crippen molar-refractivity contribution in [1.82, 2.24) is 9.13 Å². The molecule has 0 radical (unpaired) electrons. The third kappa shape index (κ3) is 4.07. The van der Waals surface area contributed by atoms with Crippen LogP contribution in [0.25, 0.3) is 96.0 Å². The van der Waals surface area contributed by atoms with E-state index in [1.807, 2.05) is 22.7 Å². The average Bonchev–Trinajstić information content (AvgIpc) is 3.93. The van der Waals surface area contributed by atoms with Crippen LogP contribution in [0, 0.1) is 0 Å². The van der Waals surface area contributed by atoms with Gasteiger partial charge in [-0.2, -0.15) is 0 Å². The van der Waals surface area contributed by atoms with Gasteiger partial charge >= 0.3 is 0 Å². The molecule has 50 heavy (non-hydrogen) atoms. The van der Waals surface area contributed by atoms with Crippen LogP contribution in [0.2, 0.25) is 0 Å². The molecule has 2 nitrogen and oxygen atoms in total. The largest absolute Gasteiger partial charge is 0.309 e. The highest BCUT2D eigenvalue weighted by atomic mass is 32.1. The first-order valence-electron chi connectivity index (χ1n) is 16.9. The maximum absolute atomic E-state index is 2.51. The van der Waals surface area contributed by atoms with Crippen molar-refractivity contribution in [3.8, 4) is 32.3 Å². The molecule has 0 aliphatic heterocycles. The molecular formula is C46H28N2S2. The molecule has 0 amide bonds. The first kappa shape index (κ1) is 28.0. The summed E-state index contributed by atoms with van der Waals surface area (Å²) in [6.07, 6.45) is 0. The minimum atomic E-state index is 1.17. The number of para-hydroxylation sites is 2. The van der Waals surface area contributed by atoms with Gasteiger partial charge in [-0.1, -0.05) is 121 Å². The molecular weight excluding hydrogens is 645 g/mol. The predicted molar refractivity (Wildman–Crippen MR) is 217 cm³/mol. The van der Waals surface area contributed by atoms with E-state index in [9.17, 15) is 0 Å². The quantitative estimate of drug-likeness (QED) is 0.176. The van der Waals surface area contributed by atoms with E-state index >= 15 is 0 Å². The molecule has 11 aromatic rings. The van der Waals surface area contributed by atoms with Crippen LogP contribution in [0.4, 0.5) is 0 Å². The number of thiophene rings is 2. The zero-order valence-corrected chi connectivity index (χ0v) is 28.5. The lowest BCUT2D eigenvalue weighted by molar-refractivity contribution is 1.17. The van der Waals surface area contributed by atoms with E-state index in [2.05, 4.69) is 179 Å². The Kier molecular flexibility index (Phi) is 6.03. The summed E-state index contributed by atoms with van der Waals surface area (Å²) < 4.78 is 7.58. The fraction of sp³-hybridized carbons (Fsp3) is 0. The van der Waals surface area contributed by atoms with E-state index in [-0.39, 0.29) is 0 Å². The van der Waals surface area contributed by atoms with Gasteiger partial charge in [0.15, 0.2) is 0 Å². The fourth-order valence-corrected chi connectivity index (χ4v) is 10.4. The summed E-state index contributed by atoms with van der Waals surface area (Å²) in [7, 11) is 0. The van der Waals surface area contributed by atoms with Crippen molar-refractivity contribution in [1.29, 1.82) is 0 Å². The molecule has 0 atom stereocenters. The van der Waals surface area contributed by atoms with Gasteiger partial charge in [0.25, 0.3) is 0 Å². The van der Waals surface area contributed by atoms with Crippen molar-refractivity contribution >= 4 is 86.5 Å². The van der Waals surface area contributed by atoms with E-state index in [0.29, 0.717) is 0 Å². The molecule has 0 unspecified atom stereocenters. The number of hydrogen-bond acceptors (Lipinski definition) is 2. The van der Waals surface area contributed by atoms with E-state index in [0.717, 1.165) is 0 Å². The van der Waals surface area contributed by atoms with Gasteiger partial charge in [-0.3, -0.25) is 0 Å². The molecule has 0 spiro atoms. The SMILES string of the molecule is c1ccc(-n2c3ccccc3c3cc(-n4c5cc(-c6cccc7ccccc67)sc5c5sc(-c6cccc7ccccc67)cc54)ccc32)cc1. The molecule has 234 valence electrons. The van der Waals surface area contributed by atoms with Gasteiger partial charge in [0.05, 0.1) is 31.5 Å². The summed E-state index contributed by atoms with van der Waals surface area (Å²) in [6, 6.07) is 62.2. The average molecular weight is 673 g/mol. The van der Waals surface area contributed by atoms with Gasteiger partial charge < -0.3 is 9.13 Å². The summed E-state index contributed by atoms with van der Waals surface area (Å²) in [5.74, 6) is 0.